The van der Waals surface area contributed by atoms with E-state index in [9.17, 15) is 9.59 Å². The quantitative estimate of drug-likeness (QED) is 0.740. The van der Waals surface area contributed by atoms with Crippen molar-refractivity contribution in [2.45, 2.75) is 92.3 Å². The fraction of sp³-hybridized carbons (Fsp3) is 0.762. The second-order valence-electron chi connectivity index (χ2n) is 8.41. The van der Waals surface area contributed by atoms with Crippen LogP contribution >= 0.6 is 0 Å². The van der Waals surface area contributed by atoms with E-state index >= 15 is 0 Å². The minimum atomic E-state index is -0.780. The van der Waals surface area contributed by atoms with Crippen molar-refractivity contribution in [1.82, 2.24) is 15.1 Å². The lowest BCUT2D eigenvalue weighted by Gasteiger charge is -2.30. The number of ether oxygens (including phenoxy) is 1. The third-order valence-corrected chi connectivity index (χ3v) is 5.51. The van der Waals surface area contributed by atoms with Crippen LogP contribution in [0.2, 0.25) is 0 Å². The van der Waals surface area contributed by atoms with Crippen molar-refractivity contribution in [2.24, 2.45) is 11.8 Å². The van der Waals surface area contributed by atoms with Crippen molar-refractivity contribution in [1.29, 1.82) is 0 Å². The normalized spacial score (nSPS) is 21.1. The molecule has 6 nitrogen and oxygen atoms in total. The van der Waals surface area contributed by atoms with Gasteiger partial charge in [-0.25, -0.2) is 0 Å². The number of hydrogen-bond donors (Lipinski definition) is 1. The van der Waals surface area contributed by atoms with Crippen LogP contribution < -0.4 is 5.32 Å². The summed E-state index contributed by atoms with van der Waals surface area (Å²) in [4.78, 5) is 24.8. The van der Waals surface area contributed by atoms with Gasteiger partial charge < -0.3 is 10.1 Å². The number of hydrogen-bond acceptors (Lipinski definition) is 4. The standard InChI is InChI=1S/C21H35N3O3/c1-13(2)12-24-16(5)18(15(4)23-24)11-20(25)27-17(6)21(26)22-19-10-8-7-9-14(19)3/h13-14,17,19H,7-12H2,1-6H3,(H,22,26). The zero-order chi connectivity index (χ0) is 20.1. The van der Waals surface area contributed by atoms with E-state index in [0.717, 1.165) is 42.8 Å². The van der Waals surface area contributed by atoms with Gasteiger partial charge >= 0.3 is 5.97 Å². The lowest BCUT2D eigenvalue weighted by Crippen LogP contribution is -2.46. The van der Waals surface area contributed by atoms with Crippen LogP contribution in [0, 0.1) is 25.7 Å². The molecule has 152 valence electrons. The average Bonchev–Trinajstić information content (AvgIpc) is 2.83. The van der Waals surface area contributed by atoms with Crippen LogP contribution in [-0.2, 0) is 27.3 Å². The number of esters is 1. The molecule has 0 aliphatic heterocycles. The molecule has 1 heterocycles. The fourth-order valence-corrected chi connectivity index (χ4v) is 3.78. The summed E-state index contributed by atoms with van der Waals surface area (Å²) in [6.07, 6.45) is 3.87. The van der Waals surface area contributed by atoms with Gasteiger partial charge in [0.15, 0.2) is 6.10 Å². The highest BCUT2D eigenvalue weighted by atomic mass is 16.5. The second kappa shape index (κ2) is 9.38. The molecule has 6 heteroatoms. The summed E-state index contributed by atoms with van der Waals surface area (Å²) >= 11 is 0. The minimum absolute atomic E-state index is 0.146. The van der Waals surface area contributed by atoms with Gasteiger partial charge in [-0.05, 0) is 45.4 Å². The highest BCUT2D eigenvalue weighted by Crippen LogP contribution is 2.24. The predicted octanol–water partition coefficient (Wildman–Crippen LogP) is 3.33. The smallest absolute Gasteiger partial charge is 0.311 e. The van der Waals surface area contributed by atoms with Gasteiger partial charge in [0.1, 0.15) is 0 Å². The maximum absolute atomic E-state index is 12.4. The van der Waals surface area contributed by atoms with E-state index in [0.29, 0.717) is 11.8 Å². The monoisotopic (exact) mass is 377 g/mol. The summed E-state index contributed by atoms with van der Waals surface area (Å²) in [7, 11) is 0. The Labute approximate surface area is 163 Å². The summed E-state index contributed by atoms with van der Waals surface area (Å²) in [5.74, 6) is 0.368. The molecule has 1 N–H and O–H groups in total. The Morgan fingerprint density at radius 2 is 1.89 bits per heavy atom. The number of carbonyl (C=O) groups is 2. The predicted molar refractivity (Wildman–Crippen MR) is 105 cm³/mol. The maximum Gasteiger partial charge on any atom is 0.311 e. The molecule has 0 bridgehead atoms. The molecule has 0 spiro atoms. The Morgan fingerprint density at radius 1 is 1.22 bits per heavy atom. The van der Waals surface area contributed by atoms with E-state index in [1.807, 2.05) is 18.5 Å². The van der Waals surface area contributed by atoms with Crippen LogP contribution in [0.25, 0.3) is 0 Å². The lowest BCUT2D eigenvalue weighted by atomic mass is 9.86. The molecule has 1 amide bonds. The number of carbonyl (C=O) groups excluding carboxylic acids is 2. The first-order valence-electron chi connectivity index (χ1n) is 10.2. The topological polar surface area (TPSA) is 73.2 Å². The summed E-state index contributed by atoms with van der Waals surface area (Å²) in [6, 6.07) is 0.186. The lowest BCUT2D eigenvalue weighted by molar-refractivity contribution is -0.154. The zero-order valence-electron chi connectivity index (χ0n) is 17.7. The molecule has 1 aromatic heterocycles. The SMILES string of the molecule is Cc1nn(CC(C)C)c(C)c1CC(=O)OC(C)C(=O)NC1CCCCC1C. The second-order valence-corrected chi connectivity index (χ2v) is 8.41. The largest absolute Gasteiger partial charge is 0.452 e. The van der Waals surface area contributed by atoms with Crippen LogP contribution in [0.5, 0.6) is 0 Å². The number of nitrogens with zero attached hydrogens (tertiary/aromatic N) is 2. The summed E-state index contributed by atoms with van der Waals surface area (Å²) < 4.78 is 7.35. The van der Waals surface area contributed by atoms with Gasteiger partial charge in [0, 0.05) is 23.8 Å². The molecule has 1 fully saturated rings. The molecule has 1 aliphatic rings. The summed E-state index contributed by atoms with van der Waals surface area (Å²) in [6.45, 7) is 12.8. The number of rotatable bonds is 7. The van der Waals surface area contributed by atoms with Crippen molar-refractivity contribution >= 4 is 11.9 Å². The molecule has 1 saturated carbocycles. The van der Waals surface area contributed by atoms with E-state index in [-0.39, 0.29) is 24.3 Å². The first-order chi connectivity index (χ1) is 12.7. The third kappa shape index (κ3) is 5.81. The van der Waals surface area contributed by atoms with E-state index in [2.05, 4.69) is 31.2 Å². The molecule has 0 saturated heterocycles. The molecule has 0 aromatic carbocycles. The third-order valence-electron chi connectivity index (χ3n) is 5.51. The molecule has 3 unspecified atom stereocenters. The summed E-state index contributed by atoms with van der Waals surface area (Å²) in [5.41, 5.74) is 2.73. The Kier molecular flexibility index (Phi) is 7.45. The van der Waals surface area contributed by atoms with Crippen LogP contribution in [0.15, 0.2) is 0 Å². The van der Waals surface area contributed by atoms with Crippen molar-refractivity contribution in [3.8, 4) is 0 Å². The highest BCUT2D eigenvalue weighted by Gasteiger charge is 2.26. The van der Waals surface area contributed by atoms with Gasteiger partial charge in [-0.2, -0.15) is 5.10 Å². The van der Waals surface area contributed by atoms with Crippen LogP contribution in [0.1, 0.15) is 70.3 Å². The van der Waals surface area contributed by atoms with Gasteiger partial charge in [0.25, 0.3) is 5.91 Å². The first-order valence-corrected chi connectivity index (χ1v) is 10.2. The van der Waals surface area contributed by atoms with Gasteiger partial charge in [-0.1, -0.05) is 33.6 Å². The highest BCUT2D eigenvalue weighted by molar-refractivity contribution is 5.84. The maximum atomic E-state index is 12.4. The summed E-state index contributed by atoms with van der Waals surface area (Å²) in [5, 5.41) is 7.59. The molecule has 3 atom stereocenters. The van der Waals surface area contributed by atoms with Crippen molar-refractivity contribution in [3.63, 3.8) is 0 Å². The van der Waals surface area contributed by atoms with E-state index in [4.69, 9.17) is 4.74 Å². The van der Waals surface area contributed by atoms with Crippen LogP contribution in [0.3, 0.4) is 0 Å². The minimum Gasteiger partial charge on any atom is -0.452 e. The van der Waals surface area contributed by atoms with E-state index < -0.39 is 6.10 Å². The Hall–Kier alpha value is -1.85. The zero-order valence-corrected chi connectivity index (χ0v) is 17.7. The van der Waals surface area contributed by atoms with E-state index in [1.165, 1.54) is 6.42 Å². The number of amides is 1. The Morgan fingerprint density at radius 3 is 2.52 bits per heavy atom. The molecular formula is C21H35N3O3. The Bertz CT molecular complexity index is 666. The molecule has 27 heavy (non-hydrogen) atoms. The van der Waals surface area contributed by atoms with Crippen molar-refractivity contribution < 1.29 is 14.3 Å². The van der Waals surface area contributed by atoms with Gasteiger partial charge in [-0.3, -0.25) is 14.3 Å². The van der Waals surface area contributed by atoms with Crippen molar-refractivity contribution in [3.05, 3.63) is 17.0 Å². The molecule has 1 aromatic rings. The number of aryl methyl sites for hydroxylation is 1. The fourth-order valence-electron chi connectivity index (χ4n) is 3.78. The molecular weight excluding hydrogens is 342 g/mol. The number of aromatic nitrogens is 2. The Balaban J connectivity index is 1.91. The van der Waals surface area contributed by atoms with Crippen LogP contribution in [0.4, 0.5) is 0 Å². The van der Waals surface area contributed by atoms with Gasteiger partial charge in [-0.15, -0.1) is 0 Å². The van der Waals surface area contributed by atoms with Crippen LogP contribution in [-0.4, -0.2) is 33.8 Å². The average molecular weight is 378 g/mol. The molecule has 2 rings (SSSR count). The van der Waals surface area contributed by atoms with E-state index in [1.54, 1.807) is 6.92 Å². The van der Waals surface area contributed by atoms with Crippen molar-refractivity contribution in [2.75, 3.05) is 0 Å². The van der Waals surface area contributed by atoms with Gasteiger partial charge in [0.05, 0.1) is 12.1 Å². The molecule has 1 aliphatic carbocycles. The van der Waals surface area contributed by atoms with Gasteiger partial charge in [0.2, 0.25) is 0 Å². The molecule has 0 radical (unpaired) electrons. The first kappa shape index (κ1) is 21.5. The number of nitrogens with one attached hydrogen (secondary N) is 1.